The maximum Gasteiger partial charge on any atom is 0.433 e. The van der Waals surface area contributed by atoms with Gasteiger partial charge in [0.1, 0.15) is 11.5 Å². The number of carbonyl (C=O) groups excluding carboxylic acids is 1. The van der Waals surface area contributed by atoms with Gasteiger partial charge in [0.15, 0.2) is 0 Å². The number of amides is 1. The number of aliphatic hydroxyl groups is 1. The molecule has 28 heavy (non-hydrogen) atoms. The molecule has 1 aromatic heterocycles. The predicted molar refractivity (Wildman–Crippen MR) is 97.6 cm³/mol. The average molecular weight is 397 g/mol. The van der Waals surface area contributed by atoms with Crippen LogP contribution in [0.15, 0.2) is 12.1 Å². The van der Waals surface area contributed by atoms with Gasteiger partial charge in [0.05, 0.1) is 6.61 Å². The molecule has 0 bridgehead atoms. The average Bonchev–Trinajstić information content (AvgIpc) is 3.40. The van der Waals surface area contributed by atoms with Gasteiger partial charge in [-0.3, -0.25) is 4.79 Å². The number of nitrogens with zero attached hydrogens (tertiary/aromatic N) is 3. The Kier molecular flexibility index (Phi) is 5.02. The molecule has 1 aliphatic carbocycles. The Morgan fingerprint density at radius 2 is 1.82 bits per heavy atom. The Morgan fingerprint density at radius 1 is 1.14 bits per heavy atom. The van der Waals surface area contributed by atoms with Crippen LogP contribution < -0.4 is 4.90 Å². The van der Waals surface area contributed by atoms with Crippen molar-refractivity contribution in [3.8, 4) is 0 Å². The number of piperidine rings is 2. The van der Waals surface area contributed by atoms with Crippen LogP contribution in [0.5, 0.6) is 0 Å². The fraction of sp³-hybridized carbons (Fsp3) is 0.700. The molecule has 3 heterocycles. The molecule has 1 saturated carbocycles. The second-order valence-electron chi connectivity index (χ2n) is 8.37. The molecule has 1 unspecified atom stereocenters. The predicted octanol–water partition coefficient (Wildman–Crippen LogP) is 3.21. The monoisotopic (exact) mass is 397 g/mol. The van der Waals surface area contributed by atoms with Crippen LogP contribution in [-0.4, -0.2) is 47.1 Å². The highest BCUT2D eigenvalue weighted by molar-refractivity contribution is 5.83. The highest BCUT2D eigenvalue weighted by atomic mass is 19.4. The van der Waals surface area contributed by atoms with Gasteiger partial charge in [-0.15, -0.1) is 0 Å². The van der Waals surface area contributed by atoms with E-state index in [0.29, 0.717) is 13.1 Å². The van der Waals surface area contributed by atoms with Gasteiger partial charge in [0, 0.05) is 32.1 Å². The molecule has 3 fully saturated rings. The van der Waals surface area contributed by atoms with Crippen LogP contribution in [0.1, 0.15) is 49.8 Å². The molecule has 1 aromatic rings. The van der Waals surface area contributed by atoms with E-state index in [2.05, 4.69) is 4.98 Å². The van der Waals surface area contributed by atoms with E-state index >= 15 is 0 Å². The second kappa shape index (κ2) is 7.21. The lowest BCUT2D eigenvalue weighted by molar-refractivity contribution is -0.141. The van der Waals surface area contributed by atoms with Crippen LogP contribution in [0, 0.1) is 11.3 Å². The van der Waals surface area contributed by atoms with E-state index in [1.807, 2.05) is 9.80 Å². The Hall–Kier alpha value is -1.83. The molecule has 0 radical (unpaired) electrons. The number of hydrogen-bond acceptors (Lipinski definition) is 4. The zero-order chi connectivity index (χ0) is 19.9. The molecule has 5 nitrogen and oxygen atoms in total. The number of likely N-dealkylation sites (tertiary alicyclic amines) is 1. The summed E-state index contributed by atoms with van der Waals surface area (Å²) in [6, 6.07) is 2.42. The van der Waals surface area contributed by atoms with E-state index in [1.165, 1.54) is 12.5 Å². The zero-order valence-electron chi connectivity index (χ0n) is 15.8. The van der Waals surface area contributed by atoms with Gasteiger partial charge >= 0.3 is 6.18 Å². The van der Waals surface area contributed by atoms with Gasteiger partial charge < -0.3 is 14.9 Å². The lowest BCUT2D eigenvalue weighted by Gasteiger charge is -2.35. The zero-order valence-corrected chi connectivity index (χ0v) is 15.8. The largest absolute Gasteiger partial charge is 0.433 e. The third kappa shape index (κ3) is 3.71. The normalized spacial score (nSPS) is 24.5. The molecule has 1 N–H and O–H groups in total. The van der Waals surface area contributed by atoms with Crippen LogP contribution in [0.4, 0.5) is 19.0 Å². The first-order valence-corrected chi connectivity index (χ1v) is 10.1. The van der Waals surface area contributed by atoms with Gasteiger partial charge in [0.2, 0.25) is 5.91 Å². The standard InChI is InChI=1S/C20H26F3N3O2/c21-20(22,23)16-10-14(13-27)11-17(24-16)25-8-4-19(5-9-25)12-15(19)18(28)26-6-2-1-3-7-26/h10-11,15,27H,1-9,12-13H2. The van der Waals surface area contributed by atoms with Gasteiger partial charge in [-0.1, -0.05) is 0 Å². The Morgan fingerprint density at radius 3 is 2.43 bits per heavy atom. The molecule has 3 aliphatic rings. The summed E-state index contributed by atoms with van der Waals surface area (Å²) in [5.74, 6) is 0.608. The molecule has 2 saturated heterocycles. The van der Waals surface area contributed by atoms with E-state index in [1.54, 1.807) is 0 Å². The van der Waals surface area contributed by atoms with Crippen molar-refractivity contribution in [2.75, 3.05) is 31.1 Å². The van der Waals surface area contributed by atoms with Crippen molar-refractivity contribution in [2.45, 2.75) is 51.3 Å². The number of pyridine rings is 1. The summed E-state index contributed by atoms with van der Waals surface area (Å²) < 4.78 is 39.3. The molecule has 8 heteroatoms. The van der Waals surface area contributed by atoms with E-state index in [0.717, 1.165) is 51.3 Å². The smallest absolute Gasteiger partial charge is 0.392 e. The first kappa shape index (κ1) is 19.5. The number of hydrogen-bond donors (Lipinski definition) is 1. The highest BCUT2D eigenvalue weighted by Crippen LogP contribution is 2.60. The summed E-state index contributed by atoms with van der Waals surface area (Å²) >= 11 is 0. The molecule has 154 valence electrons. The summed E-state index contributed by atoms with van der Waals surface area (Å²) in [5.41, 5.74) is -0.743. The maximum atomic E-state index is 13.1. The van der Waals surface area contributed by atoms with Crippen LogP contribution in [0.3, 0.4) is 0 Å². The Labute approximate surface area is 162 Å². The summed E-state index contributed by atoms with van der Waals surface area (Å²) in [7, 11) is 0. The highest BCUT2D eigenvalue weighted by Gasteiger charge is 2.59. The van der Waals surface area contributed by atoms with Crippen molar-refractivity contribution in [3.05, 3.63) is 23.4 Å². The Bertz CT molecular complexity index is 739. The fourth-order valence-corrected chi connectivity index (χ4v) is 4.73. The molecular weight excluding hydrogens is 371 g/mol. The van der Waals surface area contributed by atoms with E-state index in [-0.39, 0.29) is 28.6 Å². The maximum absolute atomic E-state index is 13.1. The van der Waals surface area contributed by atoms with Crippen LogP contribution in [0.2, 0.25) is 0 Å². The van der Waals surface area contributed by atoms with Gasteiger partial charge in [-0.05, 0) is 61.6 Å². The molecule has 2 aliphatic heterocycles. The number of aromatic nitrogens is 1. The van der Waals surface area contributed by atoms with Gasteiger partial charge in [-0.25, -0.2) is 4.98 Å². The van der Waals surface area contributed by atoms with E-state index in [9.17, 15) is 23.1 Å². The van der Waals surface area contributed by atoms with Crippen molar-refractivity contribution in [1.82, 2.24) is 9.88 Å². The topological polar surface area (TPSA) is 56.7 Å². The summed E-state index contributed by atoms with van der Waals surface area (Å²) in [6.45, 7) is 2.43. The first-order valence-electron chi connectivity index (χ1n) is 10.1. The summed E-state index contributed by atoms with van der Waals surface area (Å²) in [4.78, 5) is 20.4. The Balaban J connectivity index is 1.42. The second-order valence-corrected chi connectivity index (χ2v) is 8.37. The molecule has 0 aromatic carbocycles. The minimum absolute atomic E-state index is 0.0203. The molecular formula is C20H26F3N3O2. The minimum atomic E-state index is -4.54. The molecule has 4 rings (SSSR count). The molecule has 1 spiro atoms. The number of carbonyl (C=O) groups is 1. The molecule has 1 amide bonds. The van der Waals surface area contributed by atoms with Crippen LogP contribution in [0.25, 0.3) is 0 Å². The van der Waals surface area contributed by atoms with Crippen LogP contribution >= 0.6 is 0 Å². The van der Waals surface area contributed by atoms with E-state index in [4.69, 9.17) is 0 Å². The van der Waals surface area contributed by atoms with Crippen molar-refractivity contribution in [1.29, 1.82) is 0 Å². The van der Waals surface area contributed by atoms with E-state index < -0.39 is 18.5 Å². The SMILES string of the molecule is O=C(C1CC12CCN(c1cc(CO)cc(C(F)(F)F)n1)CC2)N1CCCCC1. The number of halogens is 3. The van der Waals surface area contributed by atoms with Crippen molar-refractivity contribution < 1.29 is 23.1 Å². The quantitative estimate of drug-likeness (QED) is 0.851. The summed E-state index contributed by atoms with van der Waals surface area (Å²) in [5, 5.41) is 9.31. The van der Waals surface area contributed by atoms with Crippen molar-refractivity contribution in [2.24, 2.45) is 11.3 Å². The van der Waals surface area contributed by atoms with Gasteiger partial charge in [0.25, 0.3) is 0 Å². The fourth-order valence-electron chi connectivity index (χ4n) is 4.73. The third-order valence-electron chi connectivity index (χ3n) is 6.58. The van der Waals surface area contributed by atoms with Gasteiger partial charge in [-0.2, -0.15) is 13.2 Å². The third-order valence-corrected chi connectivity index (χ3v) is 6.58. The van der Waals surface area contributed by atoms with Crippen molar-refractivity contribution >= 4 is 11.7 Å². The lowest BCUT2D eigenvalue weighted by Crippen LogP contribution is -2.40. The summed E-state index contributed by atoms with van der Waals surface area (Å²) in [6.07, 6.45) is 1.29. The lowest BCUT2D eigenvalue weighted by atomic mass is 9.90. The minimum Gasteiger partial charge on any atom is -0.392 e. The number of anilines is 1. The number of alkyl halides is 3. The van der Waals surface area contributed by atoms with Crippen LogP contribution in [-0.2, 0) is 17.6 Å². The number of aliphatic hydroxyl groups excluding tert-OH is 1. The number of rotatable bonds is 3. The first-order chi connectivity index (χ1) is 13.3. The molecule has 1 atom stereocenters. The van der Waals surface area contributed by atoms with Crippen molar-refractivity contribution in [3.63, 3.8) is 0 Å².